The highest BCUT2D eigenvalue weighted by atomic mass is 32.2. The summed E-state index contributed by atoms with van der Waals surface area (Å²) in [5.41, 5.74) is -0.744. The van der Waals surface area contributed by atoms with Crippen LogP contribution in [-0.4, -0.2) is 39.9 Å². The Morgan fingerprint density at radius 2 is 1.69 bits per heavy atom. The molecule has 2 heterocycles. The molecule has 2 aromatic carbocycles. The number of fused-ring (bicyclic) bond motifs is 2. The van der Waals surface area contributed by atoms with Gasteiger partial charge in [-0.25, -0.2) is 13.1 Å². The molecule has 2 N–H and O–H groups in total. The predicted octanol–water partition coefficient (Wildman–Crippen LogP) is 1.41. The van der Waals surface area contributed by atoms with E-state index in [1.165, 1.54) is 12.1 Å². The Hall–Kier alpha value is -2.29. The number of aliphatic hydroxyl groups is 1. The summed E-state index contributed by atoms with van der Waals surface area (Å²) in [6.07, 6.45) is 0.299. The molecule has 2 aliphatic heterocycles. The number of ether oxygens (including phenoxy) is 3. The molecule has 138 valence electrons. The molecule has 0 bridgehead atoms. The molecule has 7 nitrogen and oxygen atoms in total. The standard InChI is InChI=1S/C18H19NO6S/c20-18(7-8-23-15-4-2-1-3-14(15)18)12-19-26(21,22)13-5-6-16-17(11-13)25-10-9-24-16/h1-6,11,19-20H,7-10,12H2. The van der Waals surface area contributed by atoms with Crippen molar-refractivity contribution >= 4 is 10.0 Å². The van der Waals surface area contributed by atoms with Crippen molar-refractivity contribution in [1.29, 1.82) is 0 Å². The molecule has 0 radical (unpaired) electrons. The number of para-hydroxylation sites is 1. The van der Waals surface area contributed by atoms with Crippen molar-refractivity contribution in [2.75, 3.05) is 26.4 Å². The first-order valence-electron chi connectivity index (χ1n) is 8.32. The lowest BCUT2D eigenvalue weighted by atomic mass is 9.88. The molecule has 4 rings (SSSR count). The minimum atomic E-state index is -3.82. The molecule has 2 aliphatic rings. The van der Waals surface area contributed by atoms with Crippen LogP contribution in [0.1, 0.15) is 12.0 Å². The molecular weight excluding hydrogens is 358 g/mol. The quantitative estimate of drug-likeness (QED) is 0.837. The lowest BCUT2D eigenvalue weighted by Crippen LogP contribution is -2.43. The van der Waals surface area contributed by atoms with Crippen molar-refractivity contribution in [2.45, 2.75) is 16.9 Å². The third kappa shape index (κ3) is 3.11. The second-order valence-corrected chi connectivity index (χ2v) is 8.02. The van der Waals surface area contributed by atoms with E-state index in [0.29, 0.717) is 49.1 Å². The second-order valence-electron chi connectivity index (χ2n) is 6.26. The Labute approximate surface area is 151 Å². The number of benzene rings is 2. The smallest absolute Gasteiger partial charge is 0.240 e. The van der Waals surface area contributed by atoms with Crippen LogP contribution in [0, 0.1) is 0 Å². The number of hydrogen-bond acceptors (Lipinski definition) is 6. The van der Waals surface area contributed by atoms with E-state index in [1.807, 2.05) is 6.07 Å². The topological polar surface area (TPSA) is 94.1 Å². The largest absolute Gasteiger partial charge is 0.493 e. The van der Waals surface area contributed by atoms with Gasteiger partial charge in [-0.15, -0.1) is 0 Å². The average Bonchev–Trinajstić information content (AvgIpc) is 2.67. The Balaban J connectivity index is 1.56. The van der Waals surface area contributed by atoms with Crippen LogP contribution >= 0.6 is 0 Å². The molecule has 0 aromatic heterocycles. The van der Waals surface area contributed by atoms with Gasteiger partial charge in [0, 0.05) is 24.6 Å². The van der Waals surface area contributed by atoms with Crippen LogP contribution in [0.4, 0.5) is 0 Å². The van der Waals surface area contributed by atoms with Gasteiger partial charge in [0.2, 0.25) is 10.0 Å². The minimum absolute atomic E-state index is 0.0608. The summed E-state index contributed by atoms with van der Waals surface area (Å²) in [5, 5.41) is 11.0. The van der Waals surface area contributed by atoms with Crippen molar-refractivity contribution in [3.63, 3.8) is 0 Å². The molecule has 8 heteroatoms. The van der Waals surface area contributed by atoms with Crippen molar-refractivity contribution in [1.82, 2.24) is 4.72 Å². The fraction of sp³-hybridized carbons (Fsp3) is 0.333. The van der Waals surface area contributed by atoms with Crippen molar-refractivity contribution in [3.8, 4) is 17.2 Å². The van der Waals surface area contributed by atoms with Gasteiger partial charge in [-0.3, -0.25) is 0 Å². The maximum absolute atomic E-state index is 12.7. The van der Waals surface area contributed by atoms with Crippen LogP contribution in [0.3, 0.4) is 0 Å². The van der Waals surface area contributed by atoms with Crippen molar-refractivity contribution in [3.05, 3.63) is 48.0 Å². The first kappa shape index (κ1) is 17.1. The normalized spacial score (nSPS) is 21.6. The molecule has 0 aliphatic carbocycles. The van der Waals surface area contributed by atoms with Gasteiger partial charge in [-0.2, -0.15) is 0 Å². The van der Waals surface area contributed by atoms with Gasteiger partial charge in [0.05, 0.1) is 11.5 Å². The monoisotopic (exact) mass is 377 g/mol. The van der Waals surface area contributed by atoms with Gasteiger partial charge in [0.1, 0.15) is 24.6 Å². The number of nitrogens with one attached hydrogen (secondary N) is 1. The third-order valence-corrected chi connectivity index (χ3v) is 5.94. The summed E-state index contributed by atoms with van der Waals surface area (Å²) >= 11 is 0. The summed E-state index contributed by atoms with van der Waals surface area (Å²) in [6, 6.07) is 11.6. The van der Waals surface area contributed by atoms with Crippen LogP contribution < -0.4 is 18.9 Å². The lowest BCUT2D eigenvalue weighted by molar-refractivity contribution is 0.00219. The van der Waals surface area contributed by atoms with Gasteiger partial charge in [0.15, 0.2) is 11.5 Å². The first-order chi connectivity index (χ1) is 12.5. The van der Waals surface area contributed by atoms with Crippen LogP contribution in [0.5, 0.6) is 17.2 Å². The molecule has 0 fully saturated rings. The van der Waals surface area contributed by atoms with Gasteiger partial charge >= 0.3 is 0 Å². The summed E-state index contributed by atoms with van der Waals surface area (Å²) in [4.78, 5) is 0.0608. The highest BCUT2D eigenvalue weighted by molar-refractivity contribution is 7.89. The molecule has 0 saturated carbocycles. The molecule has 1 atom stereocenters. The summed E-state index contributed by atoms with van der Waals surface area (Å²) in [5.74, 6) is 1.49. The van der Waals surface area contributed by atoms with Crippen molar-refractivity contribution < 1.29 is 27.7 Å². The van der Waals surface area contributed by atoms with E-state index in [9.17, 15) is 13.5 Å². The molecule has 26 heavy (non-hydrogen) atoms. The van der Waals surface area contributed by atoms with E-state index in [-0.39, 0.29) is 11.4 Å². The zero-order chi connectivity index (χ0) is 18.2. The third-order valence-electron chi connectivity index (χ3n) is 4.54. The molecule has 1 unspecified atom stereocenters. The van der Waals surface area contributed by atoms with Crippen LogP contribution in [0.25, 0.3) is 0 Å². The fourth-order valence-corrected chi connectivity index (χ4v) is 4.22. The minimum Gasteiger partial charge on any atom is -0.493 e. The van der Waals surface area contributed by atoms with E-state index in [1.54, 1.807) is 24.3 Å². The first-order valence-corrected chi connectivity index (χ1v) is 9.80. The van der Waals surface area contributed by atoms with Gasteiger partial charge < -0.3 is 19.3 Å². The van der Waals surface area contributed by atoms with Crippen LogP contribution in [0.2, 0.25) is 0 Å². The predicted molar refractivity (Wildman–Crippen MR) is 93.1 cm³/mol. The Morgan fingerprint density at radius 1 is 0.962 bits per heavy atom. The fourth-order valence-electron chi connectivity index (χ4n) is 3.11. The van der Waals surface area contributed by atoms with E-state index in [2.05, 4.69) is 4.72 Å². The van der Waals surface area contributed by atoms with Crippen LogP contribution in [0.15, 0.2) is 47.4 Å². The highest BCUT2D eigenvalue weighted by Crippen LogP contribution is 2.37. The molecular formula is C18H19NO6S. The SMILES string of the molecule is O=S(=O)(NCC1(O)CCOc2ccccc21)c1ccc2c(c1)OCCO2. The van der Waals surface area contributed by atoms with E-state index >= 15 is 0 Å². The van der Waals surface area contributed by atoms with Crippen molar-refractivity contribution in [2.24, 2.45) is 0 Å². The van der Waals surface area contributed by atoms with Crippen LogP contribution in [-0.2, 0) is 15.6 Å². The summed E-state index contributed by atoms with van der Waals surface area (Å²) in [6.45, 7) is 0.982. The molecule has 0 saturated heterocycles. The summed E-state index contributed by atoms with van der Waals surface area (Å²) in [7, 11) is -3.82. The molecule has 2 aromatic rings. The number of rotatable bonds is 4. The molecule has 0 spiro atoms. The van der Waals surface area contributed by atoms with Gasteiger partial charge in [-0.1, -0.05) is 18.2 Å². The number of sulfonamides is 1. The maximum Gasteiger partial charge on any atom is 0.240 e. The van der Waals surface area contributed by atoms with E-state index < -0.39 is 15.6 Å². The Bertz CT molecular complexity index is 929. The van der Waals surface area contributed by atoms with E-state index in [4.69, 9.17) is 14.2 Å². The zero-order valence-electron chi connectivity index (χ0n) is 14.0. The second kappa shape index (κ2) is 6.46. The maximum atomic E-state index is 12.7. The highest BCUT2D eigenvalue weighted by Gasteiger charge is 2.36. The summed E-state index contributed by atoms with van der Waals surface area (Å²) < 4.78 is 44.2. The Kier molecular flexibility index (Phi) is 4.26. The molecule has 0 amide bonds. The zero-order valence-corrected chi connectivity index (χ0v) is 14.8. The number of hydrogen-bond donors (Lipinski definition) is 2. The lowest BCUT2D eigenvalue weighted by Gasteiger charge is -2.34. The van der Waals surface area contributed by atoms with Gasteiger partial charge in [0.25, 0.3) is 0 Å². The van der Waals surface area contributed by atoms with Gasteiger partial charge in [-0.05, 0) is 18.2 Å². The Morgan fingerprint density at radius 3 is 2.54 bits per heavy atom. The van der Waals surface area contributed by atoms with E-state index in [0.717, 1.165) is 0 Å². The average molecular weight is 377 g/mol.